The minimum absolute atomic E-state index is 0.155. The van der Waals surface area contributed by atoms with Crippen molar-refractivity contribution in [1.82, 2.24) is 4.90 Å². The van der Waals surface area contributed by atoms with Gasteiger partial charge in [0.15, 0.2) is 11.5 Å². The van der Waals surface area contributed by atoms with Crippen molar-refractivity contribution in [2.24, 2.45) is 0 Å². The molecule has 3 aliphatic rings. The largest absolute Gasteiger partial charge is 0.493 e. The lowest BCUT2D eigenvalue weighted by atomic mass is 9.61. The number of carbonyl (C=O) groups excluding carboxylic acids is 3. The molecule has 2 atom stereocenters. The lowest BCUT2D eigenvalue weighted by Gasteiger charge is -2.49. The van der Waals surface area contributed by atoms with Gasteiger partial charge in [-0.2, -0.15) is 0 Å². The van der Waals surface area contributed by atoms with Crippen molar-refractivity contribution in [1.29, 1.82) is 0 Å². The molecule has 0 saturated heterocycles. The molecule has 7 nitrogen and oxygen atoms in total. The summed E-state index contributed by atoms with van der Waals surface area (Å²) < 4.78 is 16.9. The second-order valence-electron chi connectivity index (χ2n) is 9.03. The van der Waals surface area contributed by atoms with Gasteiger partial charge >= 0.3 is 12.1 Å². The first-order valence-electron chi connectivity index (χ1n) is 11.4. The third-order valence-corrected chi connectivity index (χ3v) is 7.23. The third-order valence-electron chi connectivity index (χ3n) is 7.23. The fraction of sp³-hybridized carbons (Fsp3) is 0.423. The van der Waals surface area contributed by atoms with Gasteiger partial charge in [-0.3, -0.25) is 4.79 Å². The Kier molecular flexibility index (Phi) is 5.56. The number of methoxy groups -OCH3 is 1. The monoisotopic (exact) mass is 449 g/mol. The molecule has 2 aliphatic heterocycles. The smallest absolute Gasteiger partial charge is 0.410 e. The van der Waals surface area contributed by atoms with Crippen LogP contribution in [0.2, 0.25) is 0 Å². The minimum atomic E-state index is -0.475. The number of rotatable bonds is 6. The number of hydrogen-bond donors (Lipinski definition) is 0. The Labute approximate surface area is 192 Å². The standard InChI is InChI=1S/C26H27NO6/c1-31-20-14-18-9-12-27(25(30)32-16-17-6-3-2-4-7-17)19-8-11-26(10-5-13-28)15-21(29)33-24(20)23(26)22(18)19/h2-4,6-7,13-14,19H,5,8-12,15-16H2,1H3/t19-,26-/m1/s1. The lowest BCUT2D eigenvalue weighted by Crippen LogP contribution is -2.48. The van der Waals surface area contributed by atoms with Gasteiger partial charge < -0.3 is 23.9 Å². The third kappa shape index (κ3) is 3.65. The molecule has 0 bridgehead atoms. The fourth-order valence-electron chi connectivity index (χ4n) is 5.76. The second-order valence-corrected chi connectivity index (χ2v) is 9.03. The van der Waals surface area contributed by atoms with Crippen molar-refractivity contribution in [2.45, 2.75) is 56.6 Å². The predicted octanol–water partition coefficient (Wildman–Crippen LogP) is 4.25. The Bertz CT molecular complexity index is 1100. The first kappa shape index (κ1) is 21.5. The molecule has 7 heteroatoms. The second kappa shape index (κ2) is 8.54. The lowest BCUT2D eigenvalue weighted by molar-refractivity contribution is -0.138. The molecule has 1 aliphatic carbocycles. The van der Waals surface area contributed by atoms with Gasteiger partial charge in [-0.25, -0.2) is 4.79 Å². The van der Waals surface area contributed by atoms with E-state index in [9.17, 15) is 14.4 Å². The van der Waals surface area contributed by atoms with Crippen molar-refractivity contribution >= 4 is 18.3 Å². The Balaban J connectivity index is 1.52. The highest BCUT2D eigenvalue weighted by Gasteiger charge is 2.51. The number of esters is 1. The van der Waals surface area contributed by atoms with E-state index in [2.05, 4.69) is 0 Å². The van der Waals surface area contributed by atoms with E-state index in [-0.39, 0.29) is 31.1 Å². The van der Waals surface area contributed by atoms with Crippen LogP contribution in [0.15, 0.2) is 36.4 Å². The highest BCUT2D eigenvalue weighted by Crippen LogP contribution is 2.58. The van der Waals surface area contributed by atoms with Crippen LogP contribution in [0.3, 0.4) is 0 Å². The molecule has 5 rings (SSSR count). The molecule has 0 radical (unpaired) electrons. The fourth-order valence-corrected chi connectivity index (χ4v) is 5.76. The molecule has 1 amide bonds. The predicted molar refractivity (Wildman–Crippen MR) is 119 cm³/mol. The molecule has 0 N–H and O–H groups in total. The number of nitrogens with zero attached hydrogens (tertiary/aromatic N) is 1. The van der Waals surface area contributed by atoms with Gasteiger partial charge in [-0.1, -0.05) is 30.3 Å². The maximum Gasteiger partial charge on any atom is 0.410 e. The summed E-state index contributed by atoms with van der Waals surface area (Å²) in [6, 6.07) is 11.4. The van der Waals surface area contributed by atoms with Crippen LogP contribution in [-0.4, -0.2) is 36.9 Å². The molecule has 2 heterocycles. The molecule has 172 valence electrons. The molecular formula is C26H27NO6. The molecule has 0 saturated carbocycles. The zero-order valence-electron chi connectivity index (χ0n) is 18.7. The average molecular weight is 450 g/mol. The number of hydrogen-bond acceptors (Lipinski definition) is 6. The van der Waals surface area contributed by atoms with Gasteiger partial charge in [0, 0.05) is 23.9 Å². The Morgan fingerprint density at radius 3 is 2.88 bits per heavy atom. The summed E-state index contributed by atoms with van der Waals surface area (Å²) in [5.41, 5.74) is 3.55. The van der Waals surface area contributed by atoms with Crippen LogP contribution in [0.4, 0.5) is 4.79 Å². The maximum atomic E-state index is 13.1. The van der Waals surface area contributed by atoms with Crippen LogP contribution in [0.5, 0.6) is 11.5 Å². The first-order chi connectivity index (χ1) is 16.1. The van der Waals surface area contributed by atoms with Gasteiger partial charge in [0.05, 0.1) is 19.6 Å². The quantitative estimate of drug-likeness (QED) is 0.373. The summed E-state index contributed by atoms with van der Waals surface area (Å²) in [6.45, 7) is 0.770. The van der Waals surface area contributed by atoms with E-state index in [0.717, 1.165) is 28.5 Å². The van der Waals surface area contributed by atoms with Gasteiger partial charge in [-0.15, -0.1) is 0 Å². The molecule has 0 fully saturated rings. The van der Waals surface area contributed by atoms with Crippen molar-refractivity contribution < 1.29 is 28.6 Å². The molecule has 2 aromatic rings. The van der Waals surface area contributed by atoms with E-state index < -0.39 is 5.41 Å². The van der Waals surface area contributed by atoms with Crippen LogP contribution in [0.1, 0.15) is 60.4 Å². The van der Waals surface area contributed by atoms with E-state index in [1.54, 1.807) is 12.0 Å². The van der Waals surface area contributed by atoms with Crippen LogP contribution in [0, 0.1) is 0 Å². The minimum Gasteiger partial charge on any atom is -0.493 e. The van der Waals surface area contributed by atoms with Crippen molar-refractivity contribution in [3.63, 3.8) is 0 Å². The molecular weight excluding hydrogens is 422 g/mol. The molecule has 0 aromatic heterocycles. The first-order valence-corrected chi connectivity index (χ1v) is 11.4. The van der Waals surface area contributed by atoms with E-state index in [0.29, 0.717) is 50.1 Å². The van der Waals surface area contributed by atoms with E-state index in [1.165, 1.54) is 0 Å². The summed E-state index contributed by atoms with van der Waals surface area (Å²) >= 11 is 0. The van der Waals surface area contributed by atoms with E-state index in [4.69, 9.17) is 14.2 Å². The van der Waals surface area contributed by atoms with Crippen LogP contribution < -0.4 is 9.47 Å². The van der Waals surface area contributed by atoms with Crippen molar-refractivity contribution in [2.75, 3.05) is 13.7 Å². The summed E-state index contributed by atoms with van der Waals surface area (Å²) in [5.74, 6) is 0.677. The van der Waals surface area contributed by atoms with Crippen LogP contribution >= 0.6 is 0 Å². The zero-order valence-corrected chi connectivity index (χ0v) is 18.7. The van der Waals surface area contributed by atoms with Gasteiger partial charge in [0.2, 0.25) is 0 Å². The summed E-state index contributed by atoms with van der Waals surface area (Å²) in [4.78, 5) is 38.7. The Hall–Kier alpha value is -3.35. The number of amides is 1. The van der Waals surface area contributed by atoms with Gasteiger partial charge in [-0.05, 0) is 48.4 Å². The highest BCUT2D eigenvalue weighted by molar-refractivity contribution is 5.81. The Morgan fingerprint density at radius 2 is 2.12 bits per heavy atom. The highest BCUT2D eigenvalue weighted by atomic mass is 16.6. The molecule has 0 unspecified atom stereocenters. The van der Waals surface area contributed by atoms with E-state index >= 15 is 0 Å². The number of aldehydes is 1. The number of carbonyl (C=O) groups is 3. The topological polar surface area (TPSA) is 82.1 Å². The van der Waals surface area contributed by atoms with Gasteiger partial charge in [0.1, 0.15) is 12.9 Å². The van der Waals surface area contributed by atoms with E-state index in [1.807, 2.05) is 36.4 Å². The van der Waals surface area contributed by atoms with Crippen molar-refractivity contribution in [3.05, 3.63) is 58.7 Å². The van der Waals surface area contributed by atoms with Gasteiger partial charge in [0.25, 0.3) is 0 Å². The Morgan fingerprint density at radius 1 is 1.30 bits per heavy atom. The average Bonchev–Trinajstić information content (AvgIpc) is 2.84. The SMILES string of the molecule is COc1cc2c3c4c1OC(=O)C[C@@]4(CCC=O)CC[C@H]3N(C(=O)OCc1ccccc1)CC2. The molecule has 2 aromatic carbocycles. The number of ether oxygens (including phenoxy) is 3. The summed E-state index contributed by atoms with van der Waals surface area (Å²) in [6.07, 6.45) is 3.79. The van der Waals surface area contributed by atoms with Crippen LogP contribution in [-0.2, 0) is 32.8 Å². The summed E-state index contributed by atoms with van der Waals surface area (Å²) in [5, 5.41) is 0. The molecule has 0 spiro atoms. The maximum absolute atomic E-state index is 13.1. The van der Waals surface area contributed by atoms with Crippen molar-refractivity contribution in [3.8, 4) is 11.5 Å². The zero-order chi connectivity index (χ0) is 23.0. The molecule has 33 heavy (non-hydrogen) atoms. The number of benzene rings is 2. The van der Waals surface area contributed by atoms with Crippen LogP contribution in [0.25, 0.3) is 0 Å². The summed E-state index contributed by atoms with van der Waals surface area (Å²) in [7, 11) is 1.57. The normalized spacial score (nSPS) is 22.8.